The van der Waals surface area contributed by atoms with E-state index in [2.05, 4.69) is 11.4 Å². The van der Waals surface area contributed by atoms with Gasteiger partial charge in [-0.1, -0.05) is 0 Å². The summed E-state index contributed by atoms with van der Waals surface area (Å²) in [7, 11) is 3.63. The molecule has 0 spiro atoms. The van der Waals surface area contributed by atoms with Crippen LogP contribution in [0.1, 0.15) is 17.3 Å². The second-order valence-electron chi connectivity index (χ2n) is 3.32. The molecule has 1 aliphatic rings. The summed E-state index contributed by atoms with van der Waals surface area (Å²) in [5, 5.41) is 5.29. The summed E-state index contributed by atoms with van der Waals surface area (Å²) in [6, 6.07) is 2.11. The van der Waals surface area contributed by atoms with E-state index in [4.69, 9.17) is 9.47 Å². The van der Waals surface area contributed by atoms with Crippen molar-refractivity contribution in [1.82, 2.24) is 5.32 Å². The Bertz CT molecular complexity index is 359. The summed E-state index contributed by atoms with van der Waals surface area (Å²) >= 11 is 1.69. The van der Waals surface area contributed by atoms with Crippen LogP contribution in [0, 0.1) is 0 Å². The van der Waals surface area contributed by atoms with Crippen LogP contribution < -0.4 is 10.1 Å². The van der Waals surface area contributed by atoms with Crippen LogP contribution in [0.25, 0.3) is 0 Å². The zero-order chi connectivity index (χ0) is 10.7. The van der Waals surface area contributed by atoms with Gasteiger partial charge in [0.25, 0.3) is 0 Å². The largest absolute Gasteiger partial charge is 0.496 e. The Morgan fingerprint density at radius 1 is 1.60 bits per heavy atom. The quantitative estimate of drug-likeness (QED) is 0.853. The van der Waals surface area contributed by atoms with E-state index in [1.165, 1.54) is 4.88 Å². The second-order valence-corrected chi connectivity index (χ2v) is 4.27. The van der Waals surface area contributed by atoms with Crippen molar-refractivity contribution in [2.45, 2.75) is 12.5 Å². The predicted octanol–water partition coefficient (Wildman–Crippen LogP) is 2.32. The third-order valence-corrected chi connectivity index (χ3v) is 3.41. The Hall–Kier alpha value is -1.00. The van der Waals surface area contributed by atoms with Crippen molar-refractivity contribution in [3.05, 3.63) is 28.2 Å². The Kier molecular flexibility index (Phi) is 3.28. The molecule has 4 heteroatoms. The standard InChI is InChI=1S/C11H15NO2S/c1-12-10(8-4-3-6-14-8)11-9(13-2)5-7-15-11/h4-5,7,10,12H,3,6H2,1-2H3. The van der Waals surface area contributed by atoms with Crippen LogP contribution in [-0.4, -0.2) is 20.8 Å². The van der Waals surface area contributed by atoms with Crippen LogP contribution in [0.2, 0.25) is 0 Å². The molecule has 1 unspecified atom stereocenters. The molecule has 1 aromatic heterocycles. The number of rotatable bonds is 4. The molecule has 1 N–H and O–H groups in total. The third kappa shape index (κ3) is 2.01. The number of hydrogen-bond donors (Lipinski definition) is 1. The van der Waals surface area contributed by atoms with Crippen molar-refractivity contribution in [3.63, 3.8) is 0 Å². The summed E-state index contributed by atoms with van der Waals surface area (Å²) in [6.07, 6.45) is 3.14. The Balaban J connectivity index is 2.26. The lowest BCUT2D eigenvalue weighted by molar-refractivity contribution is 0.217. The van der Waals surface area contributed by atoms with Gasteiger partial charge in [-0.25, -0.2) is 0 Å². The van der Waals surface area contributed by atoms with Gasteiger partial charge in [-0.3, -0.25) is 0 Å². The monoisotopic (exact) mass is 225 g/mol. The maximum absolute atomic E-state index is 5.58. The molecule has 2 heterocycles. The SMILES string of the molecule is CNC(C1=CCCO1)c1sccc1OC. The minimum atomic E-state index is 0.127. The van der Waals surface area contributed by atoms with Crippen LogP contribution in [0.5, 0.6) is 5.75 Å². The minimum absolute atomic E-state index is 0.127. The molecule has 0 aromatic carbocycles. The number of thiophene rings is 1. The summed E-state index contributed by atoms with van der Waals surface area (Å²) in [4.78, 5) is 1.17. The van der Waals surface area contributed by atoms with Crippen molar-refractivity contribution in [2.24, 2.45) is 0 Å². The van der Waals surface area contributed by atoms with Gasteiger partial charge in [-0.2, -0.15) is 0 Å². The van der Waals surface area contributed by atoms with Crippen molar-refractivity contribution in [3.8, 4) is 5.75 Å². The molecule has 0 fully saturated rings. The first kappa shape index (κ1) is 10.5. The maximum atomic E-state index is 5.58. The first-order chi connectivity index (χ1) is 7.36. The van der Waals surface area contributed by atoms with Crippen molar-refractivity contribution >= 4 is 11.3 Å². The molecule has 0 saturated carbocycles. The van der Waals surface area contributed by atoms with E-state index < -0.39 is 0 Å². The number of nitrogens with one attached hydrogen (secondary N) is 1. The Labute approximate surface area is 93.7 Å². The molecule has 15 heavy (non-hydrogen) atoms. The highest BCUT2D eigenvalue weighted by Gasteiger charge is 2.23. The molecule has 0 amide bonds. The highest BCUT2D eigenvalue weighted by Crippen LogP contribution is 2.36. The molecule has 2 rings (SSSR count). The van der Waals surface area contributed by atoms with Gasteiger partial charge in [0.05, 0.1) is 18.6 Å². The first-order valence-corrected chi connectivity index (χ1v) is 5.86. The molecular weight excluding hydrogens is 210 g/mol. The van der Waals surface area contributed by atoms with Crippen molar-refractivity contribution < 1.29 is 9.47 Å². The average Bonchev–Trinajstić information content (AvgIpc) is 2.89. The van der Waals surface area contributed by atoms with Crippen LogP contribution in [-0.2, 0) is 4.74 Å². The Morgan fingerprint density at radius 2 is 2.47 bits per heavy atom. The first-order valence-electron chi connectivity index (χ1n) is 4.98. The van der Waals surface area contributed by atoms with Gasteiger partial charge in [0, 0.05) is 6.42 Å². The maximum Gasteiger partial charge on any atom is 0.134 e. The van der Waals surface area contributed by atoms with E-state index in [-0.39, 0.29) is 6.04 Å². The summed E-state index contributed by atoms with van der Waals surface area (Å²) in [6.45, 7) is 0.793. The molecule has 0 aliphatic carbocycles. The molecule has 1 aromatic rings. The average molecular weight is 225 g/mol. The smallest absolute Gasteiger partial charge is 0.134 e. The fourth-order valence-corrected chi connectivity index (χ4v) is 2.70. The fraction of sp³-hybridized carbons (Fsp3) is 0.455. The predicted molar refractivity (Wildman–Crippen MR) is 61.3 cm³/mol. The van der Waals surface area contributed by atoms with Gasteiger partial charge in [-0.05, 0) is 24.6 Å². The summed E-state index contributed by atoms with van der Waals surface area (Å²) in [5.74, 6) is 1.94. The van der Waals surface area contributed by atoms with E-state index >= 15 is 0 Å². The number of likely N-dealkylation sites (N-methyl/N-ethyl adjacent to an activating group) is 1. The summed E-state index contributed by atoms with van der Waals surface area (Å²) < 4.78 is 10.9. The molecule has 0 bridgehead atoms. The Morgan fingerprint density at radius 3 is 3.07 bits per heavy atom. The van der Waals surface area contributed by atoms with E-state index in [0.29, 0.717) is 0 Å². The zero-order valence-electron chi connectivity index (χ0n) is 8.95. The van der Waals surface area contributed by atoms with Gasteiger partial charge < -0.3 is 14.8 Å². The zero-order valence-corrected chi connectivity index (χ0v) is 9.76. The lowest BCUT2D eigenvalue weighted by Crippen LogP contribution is -2.18. The van der Waals surface area contributed by atoms with E-state index in [1.807, 2.05) is 18.5 Å². The van der Waals surface area contributed by atoms with E-state index in [0.717, 1.165) is 24.5 Å². The molecule has 0 saturated heterocycles. The van der Waals surface area contributed by atoms with Crippen LogP contribution in [0.3, 0.4) is 0 Å². The lowest BCUT2D eigenvalue weighted by Gasteiger charge is -2.17. The van der Waals surface area contributed by atoms with Gasteiger partial charge in [0.2, 0.25) is 0 Å². The second kappa shape index (κ2) is 4.68. The molecule has 3 nitrogen and oxygen atoms in total. The molecular formula is C11H15NO2S. The lowest BCUT2D eigenvalue weighted by atomic mass is 10.2. The third-order valence-electron chi connectivity index (χ3n) is 2.44. The van der Waals surface area contributed by atoms with Gasteiger partial charge in [-0.15, -0.1) is 11.3 Å². The van der Waals surface area contributed by atoms with Crippen LogP contribution >= 0.6 is 11.3 Å². The highest BCUT2D eigenvalue weighted by atomic mass is 32.1. The molecule has 82 valence electrons. The normalized spacial score (nSPS) is 17.1. The minimum Gasteiger partial charge on any atom is -0.496 e. The van der Waals surface area contributed by atoms with E-state index in [9.17, 15) is 0 Å². The number of hydrogen-bond acceptors (Lipinski definition) is 4. The molecule has 0 radical (unpaired) electrons. The topological polar surface area (TPSA) is 30.5 Å². The van der Waals surface area contributed by atoms with Gasteiger partial charge >= 0.3 is 0 Å². The van der Waals surface area contributed by atoms with Crippen LogP contribution in [0.4, 0.5) is 0 Å². The molecule has 1 atom stereocenters. The van der Waals surface area contributed by atoms with Crippen LogP contribution in [0.15, 0.2) is 23.3 Å². The number of ether oxygens (including phenoxy) is 2. The van der Waals surface area contributed by atoms with Crippen molar-refractivity contribution in [1.29, 1.82) is 0 Å². The fourth-order valence-electron chi connectivity index (χ4n) is 1.73. The van der Waals surface area contributed by atoms with Gasteiger partial charge in [0.15, 0.2) is 0 Å². The molecule has 1 aliphatic heterocycles. The highest BCUT2D eigenvalue weighted by molar-refractivity contribution is 7.10. The summed E-state index contributed by atoms with van der Waals surface area (Å²) in [5.41, 5.74) is 0. The van der Waals surface area contributed by atoms with Crippen molar-refractivity contribution in [2.75, 3.05) is 20.8 Å². The number of methoxy groups -OCH3 is 1. The van der Waals surface area contributed by atoms with Gasteiger partial charge in [0.1, 0.15) is 17.6 Å². The van der Waals surface area contributed by atoms with E-state index in [1.54, 1.807) is 18.4 Å².